The Morgan fingerprint density at radius 3 is 2.35 bits per heavy atom. The summed E-state index contributed by atoms with van der Waals surface area (Å²) in [5, 5.41) is 8.68. The molecule has 6 heteroatoms. The first-order valence-corrected chi connectivity index (χ1v) is 7.82. The molecule has 0 radical (unpaired) electrons. The van der Waals surface area contributed by atoms with E-state index in [0.29, 0.717) is 17.6 Å². The Labute approximate surface area is 116 Å². The lowest BCUT2D eigenvalue weighted by Gasteiger charge is -2.03. The van der Waals surface area contributed by atoms with Crippen LogP contribution in [0, 0.1) is 0 Å². The molecule has 0 amide bonds. The van der Waals surface area contributed by atoms with Gasteiger partial charge in [-0.3, -0.25) is 4.79 Å². The van der Waals surface area contributed by atoms with Gasteiger partial charge in [0.25, 0.3) is 0 Å². The average molecular weight is 294 g/mol. The van der Waals surface area contributed by atoms with Crippen LogP contribution in [-0.2, 0) is 15.6 Å². The smallest absolute Gasteiger partial charge is 0.185 e. The zero-order valence-electron chi connectivity index (χ0n) is 10.7. The van der Waals surface area contributed by atoms with E-state index < -0.39 is 9.84 Å². The van der Waals surface area contributed by atoms with Gasteiger partial charge < -0.3 is 9.52 Å². The molecular weight excluding hydrogens is 280 g/mol. The number of carbonyl (C=O) groups is 1. The van der Waals surface area contributed by atoms with Gasteiger partial charge in [0.1, 0.15) is 5.76 Å². The number of aldehydes is 1. The average Bonchev–Trinajstić information content (AvgIpc) is 2.88. The molecule has 1 aromatic heterocycles. The van der Waals surface area contributed by atoms with Gasteiger partial charge in [-0.05, 0) is 17.7 Å². The van der Waals surface area contributed by atoms with Crippen LogP contribution in [0.15, 0.2) is 40.8 Å². The molecule has 2 rings (SSSR count). The number of carbonyl (C=O) groups excluding carboxylic acids is 1. The standard InChI is InChI=1S/C14H14O5S/c15-7-8-20(17,18)10-11-1-3-12(4-2-11)14-6-5-13(9-16)19-14/h1-6,9,15H,7-8,10H2. The largest absolute Gasteiger partial charge is 0.453 e. The number of furan rings is 1. The molecule has 1 aromatic carbocycles. The molecule has 0 aliphatic carbocycles. The molecule has 0 spiro atoms. The third-order valence-electron chi connectivity index (χ3n) is 2.77. The van der Waals surface area contributed by atoms with Crippen LogP contribution in [0.25, 0.3) is 11.3 Å². The minimum Gasteiger partial charge on any atom is -0.453 e. The highest BCUT2D eigenvalue weighted by Crippen LogP contribution is 2.22. The number of aliphatic hydroxyl groups is 1. The lowest BCUT2D eigenvalue weighted by atomic mass is 10.1. The van der Waals surface area contributed by atoms with Gasteiger partial charge in [0.05, 0.1) is 18.1 Å². The highest BCUT2D eigenvalue weighted by atomic mass is 32.2. The van der Waals surface area contributed by atoms with Crippen molar-refractivity contribution < 1.29 is 22.7 Å². The minimum atomic E-state index is -3.28. The van der Waals surface area contributed by atoms with Crippen molar-refractivity contribution in [2.75, 3.05) is 12.4 Å². The Morgan fingerprint density at radius 2 is 1.80 bits per heavy atom. The fourth-order valence-electron chi connectivity index (χ4n) is 1.80. The topological polar surface area (TPSA) is 84.6 Å². The molecule has 2 aromatic rings. The molecule has 20 heavy (non-hydrogen) atoms. The van der Waals surface area contributed by atoms with Gasteiger partial charge in [-0.1, -0.05) is 24.3 Å². The third-order valence-corrected chi connectivity index (χ3v) is 4.35. The van der Waals surface area contributed by atoms with Crippen molar-refractivity contribution in [2.45, 2.75) is 5.75 Å². The van der Waals surface area contributed by atoms with Crippen LogP contribution >= 0.6 is 0 Å². The van der Waals surface area contributed by atoms with Crippen LogP contribution in [0.1, 0.15) is 16.1 Å². The Bertz CT molecular complexity index is 683. The first-order chi connectivity index (χ1) is 9.54. The predicted octanol–water partition coefficient (Wildman–Crippen LogP) is 1.67. The van der Waals surface area contributed by atoms with Crippen LogP contribution < -0.4 is 0 Å². The number of hydrogen-bond acceptors (Lipinski definition) is 5. The second-order valence-electron chi connectivity index (χ2n) is 4.33. The van der Waals surface area contributed by atoms with Gasteiger partial charge in [0.2, 0.25) is 0 Å². The van der Waals surface area contributed by atoms with Crippen LogP contribution in [0.2, 0.25) is 0 Å². The molecule has 0 aliphatic rings. The van der Waals surface area contributed by atoms with Crippen molar-refractivity contribution in [3.05, 3.63) is 47.7 Å². The van der Waals surface area contributed by atoms with Crippen molar-refractivity contribution in [3.8, 4) is 11.3 Å². The summed E-state index contributed by atoms with van der Waals surface area (Å²) in [7, 11) is -3.28. The van der Waals surface area contributed by atoms with Crippen molar-refractivity contribution in [3.63, 3.8) is 0 Å². The first-order valence-electron chi connectivity index (χ1n) is 6.00. The van der Waals surface area contributed by atoms with E-state index in [1.54, 1.807) is 36.4 Å². The van der Waals surface area contributed by atoms with E-state index >= 15 is 0 Å². The predicted molar refractivity (Wildman–Crippen MR) is 74.1 cm³/mol. The highest BCUT2D eigenvalue weighted by molar-refractivity contribution is 7.90. The molecule has 1 heterocycles. The van der Waals surface area contributed by atoms with Gasteiger partial charge in [0.15, 0.2) is 21.9 Å². The molecule has 0 saturated heterocycles. The molecule has 0 unspecified atom stereocenters. The van der Waals surface area contributed by atoms with Crippen LogP contribution in [0.4, 0.5) is 0 Å². The van der Waals surface area contributed by atoms with Crippen molar-refractivity contribution >= 4 is 16.1 Å². The molecule has 0 fully saturated rings. The minimum absolute atomic E-state index is 0.106. The Hall–Kier alpha value is -1.92. The molecule has 106 valence electrons. The maximum atomic E-state index is 11.6. The SMILES string of the molecule is O=Cc1ccc(-c2ccc(CS(=O)(=O)CCO)cc2)o1. The van der Waals surface area contributed by atoms with Gasteiger partial charge in [0, 0.05) is 5.56 Å². The number of benzene rings is 1. The van der Waals surface area contributed by atoms with Gasteiger partial charge in [-0.2, -0.15) is 0 Å². The normalized spacial score (nSPS) is 11.4. The van der Waals surface area contributed by atoms with E-state index in [1.807, 2.05) is 0 Å². The first kappa shape index (κ1) is 14.5. The molecule has 0 saturated carbocycles. The molecule has 0 aliphatic heterocycles. The highest BCUT2D eigenvalue weighted by Gasteiger charge is 2.11. The summed E-state index contributed by atoms with van der Waals surface area (Å²) in [6, 6.07) is 10.1. The molecular formula is C14H14O5S. The maximum Gasteiger partial charge on any atom is 0.185 e. The van der Waals surface area contributed by atoms with E-state index in [9.17, 15) is 13.2 Å². The lowest BCUT2D eigenvalue weighted by Crippen LogP contribution is -2.12. The lowest BCUT2D eigenvalue weighted by molar-refractivity contribution is 0.110. The Morgan fingerprint density at radius 1 is 1.10 bits per heavy atom. The second kappa shape index (κ2) is 6.02. The monoisotopic (exact) mass is 294 g/mol. The van der Waals surface area contributed by atoms with Gasteiger partial charge in [-0.25, -0.2) is 8.42 Å². The van der Waals surface area contributed by atoms with Crippen LogP contribution in [0.5, 0.6) is 0 Å². The summed E-state index contributed by atoms with van der Waals surface area (Å²) in [5.74, 6) is 0.452. The summed E-state index contributed by atoms with van der Waals surface area (Å²) in [5.41, 5.74) is 1.41. The molecule has 0 bridgehead atoms. The second-order valence-corrected chi connectivity index (χ2v) is 6.52. The van der Waals surface area contributed by atoms with Crippen molar-refractivity contribution in [1.82, 2.24) is 0 Å². The van der Waals surface area contributed by atoms with E-state index in [1.165, 1.54) is 0 Å². The Kier molecular flexibility index (Phi) is 4.36. The van der Waals surface area contributed by atoms with Gasteiger partial charge in [-0.15, -0.1) is 0 Å². The summed E-state index contributed by atoms with van der Waals surface area (Å²) in [6.45, 7) is -0.374. The zero-order valence-corrected chi connectivity index (χ0v) is 11.5. The zero-order chi connectivity index (χ0) is 14.6. The summed E-state index contributed by atoms with van der Waals surface area (Å²) >= 11 is 0. The number of hydrogen-bond donors (Lipinski definition) is 1. The van der Waals surface area contributed by atoms with E-state index in [2.05, 4.69) is 0 Å². The number of rotatable bonds is 6. The van der Waals surface area contributed by atoms with Crippen LogP contribution in [0.3, 0.4) is 0 Å². The van der Waals surface area contributed by atoms with Gasteiger partial charge >= 0.3 is 0 Å². The molecule has 5 nitrogen and oxygen atoms in total. The van der Waals surface area contributed by atoms with E-state index in [-0.39, 0.29) is 23.9 Å². The van der Waals surface area contributed by atoms with Crippen LogP contribution in [-0.4, -0.2) is 32.2 Å². The van der Waals surface area contributed by atoms with E-state index in [4.69, 9.17) is 9.52 Å². The van der Waals surface area contributed by atoms with Crippen molar-refractivity contribution in [1.29, 1.82) is 0 Å². The molecule has 0 atom stereocenters. The third kappa shape index (κ3) is 3.55. The number of aliphatic hydroxyl groups excluding tert-OH is 1. The quantitative estimate of drug-likeness (QED) is 0.819. The van der Waals surface area contributed by atoms with Crippen molar-refractivity contribution in [2.24, 2.45) is 0 Å². The fraction of sp³-hybridized carbons (Fsp3) is 0.214. The Balaban J connectivity index is 2.16. The maximum absolute atomic E-state index is 11.6. The van der Waals surface area contributed by atoms with E-state index in [0.717, 1.165) is 5.56 Å². The summed E-state index contributed by atoms with van der Waals surface area (Å²) in [6.07, 6.45) is 0.624. The number of sulfone groups is 1. The summed E-state index contributed by atoms with van der Waals surface area (Å²) < 4.78 is 28.4. The summed E-state index contributed by atoms with van der Waals surface area (Å²) in [4.78, 5) is 10.5. The molecule has 1 N–H and O–H groups in total. The fourth-order valence-corrected chi connectivity index (χ4v) is 2.92.